The number of aliphatic hydroxyl groups excluding tert-OH is 3. The summed E-state index contributed by atoms with van der Waals surface area (Å²) in [4.78, 5) is 11.3. The number of carbonyl (C=O) groups excluding carboxylic acids is 1. The third kappa shape index (κ3) is 6.03. The Balaban J connectivity index is 1.76. The second-order valence-corrected chi connectivity index (χ2v) is 6.60. The number of unbranched alkanes of at least 4 members (excludes halogenated alkanes) is 2. The number of amides is 1. The number of carbonyl (C=O) groups is 1. The van der Waals surface area contributed by atoms with Gasteiger partial charge in [-0.15, -0.1) is 0 Å². The molecule has 4 N–H and O–H groups in total. The summed E-state index contributed by atoms with van der Waals surface area (Å²) in [5.74, 6) is -0.358. The van der Waals surface area contributed by atoms with Crippen LogP contribution in [0.25, 0.3) is 0 Å². The molecule has 1 aliphatic heterocycles. The van der Waals surface area contributed by atoms with E-state index in [-0.39, 0.29) is 5.91 Å². The number of aryl methyl sites for hydroxylation is 1. The largest absolute Gasteiger partial charge is 0.394 e. The van der Waals surface area contributed by atoms with Crippen LogP contribution in [0.5, 0.6) is 0 Å². The highest BCUT2D eigenvalue weighted by Gasteiger charge is 2.45. The van der Waals surface area contributed by atoms with E-state index in [1.807, 2.05) is 18.2 Å². The molecule has 7 nitrogen and oxygen atoms in total. The monoisotopic (exact) mass is 367 g/mol. The van der Waals surface area contributed by atoms with Gasteiger partial charge in [0.2, 0.25) is 5.91 Å². The van der Waals surface area contributed by atoms with E-state index in [0.717, 1.165) is 25.7 Å². The van der Waals surface area contributed by atoms with Gasteiger partial charge in [0.1, 0.15) is 24.4 Å². The van der Waals surface area contributed by atoms with Crippen LogP contribution in [0.2, 0.25) is 0 Å². The van der Waals surface area contributed by atoms with Gasteiger partial charge in [-0.25, -0.2) is 0 Å². The number of benzene rings is 1. The van der Waals surface area contributed by atoms with Crippen molar-refractivity contribution in [2.24, 2.45) is 0 Å². The summed E-state index contributed by atoms with van der Waals surface area (Å²) in [7, 11) is 0. The number of hydrogen-bond acceptors (Lipinski definition) is 6. The van der Waals surface area contributed by atoms with E-state index in [9.17, 15) is 20.1 Å². The molecule has 0 spiro atoms. The first-order chi connectivity index (χ1) is 12.5. The van der Waals surface area contributed by atoms with Gasteiger partial charge in [-0.05, 0) is 24.8 Å². The summed E-state index contributed by atoms with van der Waals surface area (Å²) in [6.07, 6.45) is -0.596. The van der Waals surface area contributed by atoms with Crippen LogP contribution in [0.1, 0.15) is 31.7 Å². The van der Waals surface area contributed by atoms with Crippen molar-refractivity contribution in [3.05, 3.63) is 35.9 Å². The van der Waals surface area contributed by atoms with Gasteiger partial charge in [0.15, 0.2) is 6.29 Å². The number of nitrogens with one attached hydrogen (secondary N) is 1. The Morgan fingerprint density at radius 2 is 1.88 bits per heavy atom. The van der Waals surface area contributed by atoms with Gasteiger partial charge in [0.25, 0.3) is 0 Å². The maximum absolute atomic E-state index is 11.3. The second kappa shape index (κ2) is 10.6. The number of rotatable bonds is 9. The van der Waals surface area contributed by atoms with Crippen LogP contribution >= 0.6 is 0 Å². The molecule has 5 atom stereocenters. The summed E-state index contributed by atoms with van der Waals surface area (Å²) < 4.78 is 11.2. The Labute approximate surface area is 153 Å². The Morgan fingerprint density at radius 1 is 1.15 bits per heavy atom. The third-order valence-electron chi connectivity index (χ3n) is 4.49. The van der Waals surface area contributed by atoms with Crippen molar-refractivity contribution >= 4 is 5.91 Å². The van der Waals surface area contributed by atoms with Gasteiger partial charge in [0, 0.05) is 13.5 Å². The standard InChI is InChI=1S/C19H29NO6/c1-13(22)20-16-18(24)17(23)15(12-21)26-19(16)25-11-7-3-6-10-14-8-4-2-5-9-14/h2,4-5,8-9,15-19,21,23-24H,3,6-7,10-12H2,1H3,(H,20,22)/t15-,16-,17-,18-,19-/m1/s1. The third-order valence-corrected chi connectivity index (χ3v) is 4.49. The Hall–Kier alpha value is -1.51. The van der Waals surface area contributed by atoms with Crippen molar-refractivity contribution in [2.75, 3.05) is 13.2 Å². The van der Waals surface area contributed by atoms with Crippen molar-refractivity contribution in [1.82, 2.24) is 5.32 Å². The second-order valence-electron chi connectivity index (χ2n) is 6.60. The van der Waals surface area contributed by atoms with Gasteiger partial charge in [0.05, 0.1) is 6.61 Å². The fraction of sp³-hybridized carbons (Fsp3) is 0.632. The molecule has 0 aliphatic carbocycles. The molecule has 1 saturated heterocycles. The van der Waals surface area contributed by atoms with E-state index in [2.05, 4.69) is 17.4 Å². The van der Waals surface area contributed by atoms with E-state index in [0.29, 0.717) is 6.61 Å². The zero-order chi connectivity index (χ0) is 18.9. The molecule has 0 radical (unpaired) electrons. The molecule has 1 aromatic carbocycles. The van der Waals surface area contributed by atoms with Crippen LogP contribution in [0.4, 0.5) is 0 Å². The molecule has 7 heteroatoms. The first-order valence-corrected chi connectivity index (χ1v) is 9.08. The van der Waals surface area contributed by atoms with Gasteiger partial charge in [-0.2, -0.15) is 0 Å². The molecule has 1 aromatic rings. The number of hydrogen-bond donors (Lipinski definition) is 4. The number of aliphatic hydroxyl groups is 3. The maximum atomic E-state index is 11.3. The lowest BCUT2D eigenvalue weighted by atomic mass is 9.97. The molecule has 0 bridgehead atoms. The molecule has 26 heavy (non-hydrogen) atoms. The predicted octanol–water partition coefficient (Wildman–Crippen LogP) is 0.360. The first-order valence-electron chi connectivity index (χ1n) is 9.08. The van der Waals surface area contributed by atoms with Crippen molar-refractivity contribution in [2.45, 2.75) is 63.3 Å². The molecular weight excluding hydrogens is 338 g/mol. The summed E-state index contributed by atoms with van der Waals surface area (Å²) in [6.45, 7) is 1.27. The minimum Gasteiger partial charge on any atom is -0.394 e. The lowest BCUT2D eigenvalue weighted by Crippen LogP contribution is -2.64. The van der Waals surface area contributed by atoms with Crippen molar-refractivity contribution in [3.63, 3.8) is 0 Å². The van der Waals surface area contributed by atoms with E-state index in [1.165, 1.54) is 12.5 Å². The molecule has 146 valence electrons. The summed E-state index contributed by atoms with van der Waals surface area (Å²) in [5.41, 5.74) is 1.30. The van der Waals surface area contributed by atoms with Gasteiger partial charge >= 0.3 is 0 Å². The minimum absolute atomic E-state index is 0.358. The molecule has 0 unspecified atom stereocenters. The summed E-state index contributed by atoms with van der Waals surface area (Å²) in [6, 6.07) is 9.38. The molecule has 1 aliphatic rings. The van der Waals surface area contributed by atoms with Crippen LogP contribution in [0.15, 0.2) is 30.3 Å². The van der Waals surface area contributed by atoms with Crippen LogP contribution in [-0.4, -0.2) is 65.1 Å². The molecule has 1 fully saturated rings. The Bertz CT molecular complexity index is 540. The van der Waals surface area contributed by atoms with Crippen LogP contribution in [0, 0.1) is 0 Å². The lowest BCUT2D eigenvalue weighted by molar-refractivity contribution is -0.270. The van der Waals surface area contributed by atoms with Crippen LogP contribution in [0.3, 0.4) is 0 Å². The van der Waals surface area contributed by atoms with E-state index in [4.69, 9.17) is 9.47 Å². The molecular formula is C19H29NO6. The van der Waals surface area contributed by atoms with E-state index < -0.39 is 37.3 Å². The highest BCUT2D eigenvalue weighted by atomic mass is 16.7. The molecule has 0 saturated carbocycles. The SMILES string of the molecule is CC(=O)N[C@H]1[C@H](OCCCCCc2ccccc2)O[C@H](CO)[C@@H](O)[C@@H]1O. The van der Waals surface area contributed by atoms with E-state index >= 15 is 0 Å². The van der Waals surface area contributed by atoms with Crippen LogP contribution < -0.4 is 5.32 Å². The van der Waals surface area contributed by atoms with Crippen molar-refractivity contribution < 1.29 is 29.6 Å². The fourth-order valence-electron chi connectivity index (χ4n) is 3.07. The molecule has 1 amide bonds. The van der Waals surface area contributed by atoms with Crippen LogP contribution in [-0.2, 0) is 20.7 Å². The van der Waals surface area contributed by atoms with E-state index in [1.54, 1.807) is 0 Å². The van der Waals surface area contributed by atoms with Gasteiger partial charge in [-0.1, -0.05) is 36.8 Å². The minimum atomic E-state index is -1.29. The topological polar surface area (TPSA) is 108 Å². The zero-order valence-electron chi connectivity index (χ0n) is 15.1. The van der Waals surface area contributed by atoms with Crippen molar-refractivity contribution in [3.8, 4) is 0 Å². The summed E-state index contributed by atoms with van der Waals surface area (Å²) >= 11 is 0. The first kappa shape index (κ1) is 20.8. The Kier molecular flexibility index (Phi) is 8.47. The number of ether oxygens (including phenoxy) is 2. The fourth-order valence-corrected chi connectivity index (χ4v) is 3.07. The summed E-state index contributed by atoms with van der Waals surface area (Å²) in [5, 5.41) is 32.0. The average Bonchev–Trinajstić information content (AvgIpc) is 2.64. The van der Waals surface area contributed by atoms with Gasteiger partial charge in [-0.3, -0.25) is 4.79 Å². The highest BCUT2D eigenvalue weighted by Crippen LogP contribution is 2.22. The van der Waals surface area contributed by atoms with Crippen molar-refractivity contribution in [1.29, 1.82) is 0 Å². The quantitative estimate of drug-likeness (QED) is 0.470. The zero-order valence-corrected chi connectivity index (χ0v) is 15.1. The highest BCUT2D eigenvalue weighted by molar-refractivity contribution is 5.73. The molecule has 2 rings (SSSR count). The normalized spacial score (nSPS) is 28.7. The predicted molar refractivity (Wildman–Crippen MR) is 95.3 cm³/mol. The lowest BCUT2D eigenvalue weighted by Gasteiger charge is -2.42. The van der Waals surface area contributed by atoms with Gasteiger partial charge < -0.3 is 30.1 Å². The molecule has 0 aromatic heterocycles. The average molecular weight is 367 g/mol. The maximum Gasteiger partial charge on any atom is 0.217 e. The smallest absolute Gasteiger partial charge is 0.217 e. The molecule has 1 heterocycles. The Morgan fingerprint density at radius 3 is 2.54 bits per heavy atom.